The van der Waals surface area contributed by atoms with Gasteiger partial charge in [-0.2, -0.15) is 0 Å². The molecule has 0 saturated carbocycles. The number of benzene rings is 2. The summed E-state index contributed by atoms with van der Waals surface area (Å²) in [6, 6.07) is 15.8. The Labute approximate surface area is 116 Å². The average molecular weight is 266 g/mol. The van der Waals surface area contributed by atoms with Gasteiger partial charge in [-0.1, -0.05) is 42.0 Å². The molecule has 0 unspecified atom stereocenters. The summed E-state index contributed by atoms with van der Waals surface area (Å²) in [4.78, 5) is 10.5. The smallest absolute Gasteiger partial charge is 0.293 e. The van der Waals surface area contributed by atoms with Gasteiger partial charge in [-0.15, -0.1) is 0 Å². The summed E-state index contributed by atoms with van der Waals surface area (Å²) in [6.45, 7) is 2.70. The molecule has 20 heavy (non-hydrogen) atoms. The second-order valence-electron chi connectivity index (χ2n) is 4.68. The first-order valence-electron chi connectivity index (χ1n) is 6.42. The van der Waals surface area contributed by atoms with E-state index < -0.39 is 0 Å². The van der Waals surface area contributed by atoms with Crippen molar-refractivity contribution in [1.29, 1.82) is 0 Å². The summed E-state index contributed by atoms with van der Waals surface area (Å²) >= 11 is 0. The summed E-state index contributed by atoms with van der Waals surface area (Å²) in [6.07, 6.45) is 0. The van der Waals surface area contributed by atoms with E-state index in [2.05, 4.69) is 6.07 Å². The van der Waals surface area contributed by atoms with Gasteiger partial charge in [-0.05, 0) is 19.1 Å². The Balaban J connectivity index is 2.22. The first-order chi connectivity index (χ1) is 9.79. The number of fused-ring (bicyclic) bond motifs is 1. The number of carbonyl (C=O) groups excluding carboxylic acids is 1. The van der Waals surface area contributed by atoms with Crippen LogP contribution in [-0.2, 0) is 16.1 Å². The van der Waals surface area contributed by atoms with E-state index in [4.69, 9.17) is 9.15 Å². The maximum Gasteiger partial charge on any atom is 0.293 e. The van der Waals surface area contributed by atoms with Crippen LogP contribution in [0.1, 0.15) is 11.1 Å². The minimum Gasteiger partial charge on any atom is -0.463 e. The summed E-state index contributed by atoms with van der Waals surface area (Å²) in [5, 5.41) is 0.991. The molecule has 3 aromatic rings. The van der Waals surface area contributed by atoms with Crippen LogP contribution in [0.4, 0.5) is 0 Å². The van der Waals surface area contributed by atoms with Gasteiger partial charge in [0.1, 0.15) is 18.0 Å². The van der Waals surface area contributed by atoms with Crippen LogP contribution in [0, 0.1) is 6.92 Å². The van der Waals surface area contributed by atoms with E-state index in [1.54, 1.807) is 0 Å². The fourth-order valence-corrected chi connectivity index (χ4v) is 2.35. The Morgan fingerprint density at radius 3 is 2.70 bits per heavy atom. The monoisotopic (exact) mass is 266 g/mol. The molecule has 0 saturated heterocycles. The number of carbonyl (C=O) groups is 1. The molecule has 0 N–H and O–H groups in total. The highest BCUT2D eigenvalue weighted by Crippen LogP contribution is 2.34. The van der Waals surface area contributed by atoms with Crippen LogP contribution < -0.4 is 0 Å². The van der Waals surface area contributed by atoms with Crippen molar-refractivity contribution < 1.29 is 13.9 Å². The van der Waals surface area contributed by atoms with Crippen molar-refractivity contribution in [3.63, 3.8) is 0 Å². The van der Waals surface area contributed by atoms with Crippen molar-refractivity contribution in [1.82, 2.24) is 0 Å². The maximum atomic E-state index is 10.5. The van der Waals surface area contributed by atoms with Crippen molar-refractivity contribution in [2.75, 3.05) is 0 Å². The third-order valence-electron chi connectivity index (χ3n) is 3.28. The molecule has 3 nitrogen and oxygen atoms in total. The van der Waals surface area contributed by atoms with Gasteiger partial charge in [0.2, 0.25) is 0 Å². The zero-order valence-electron chi connectivity index (χ0n) is 11.1. The first-order valence-corrected chi connectivity index (χ1v) is 6.42. The quantitative estimate of drug-likeness (QED) is 0.668. The fraction of sp³-hybridized carbons (Fsp3) is 0.118. The topological polar surface area (TPSA) is 39.4 Å². The molecule has 2 aromatic carbocycles. The van der Waals surface area contributed by atoms with Gasteiger partial charge in [0, 0.05) is 16.5 Å². The largest absolute Gasteiger partial charge is 0.463 e. The summed E-state index contributed by atoms with van der Waals surface area (Å²) in [5.41, 5.74) is 3.83. The predicted molar refractivity (Wildman–Crippen MR) is 77.2 cm³/mol. The third kappa shape index (κ3) is 2.18. The maximum absolute atomic E-state index is 10.5. The molecular weight excluding hydrogens is 252 g/mol. The molecule has 0 radical (unpaired) electrons. The zero-order chi connectivity index (χ0) is 13.9. The van der Waals surface area contributed by atoms with Gasteiger partial charge in [0.05, 0.1) is 0 Å². The molecule has 100 valence electrons. The van der Waals surface area contributed by atoms with Crippen LogP contribution in [0.25, 0.3) is 22.3 Å². The lowest BCUT2D eigenvalue weighted by molar-refractivity contribution is -0.129. The fourth-order valence-electron chi connectivity index (χ4n) is 2.35. The van der Waals surface area contributed by atoms with Crippen molar-refractivity contribution in [2.45, 2.75) is 13.5 Å². The summed E-state index contributed by atoms with van der Waals surface area (Å²) in [7, 11) is 0. The number of furan rings is 1. The van der Waals surface area contributed by atoms with Gasteiger partial charge in [0.25, 0.3) is 6.47 Å². The Bertz CT molecular complexity index is 742. The van der Waals surface area contributed by atoms with Crippen LogP contribution in [0.3, 0.4) is 0 Å². The molecular formula is C17H14O3. The van der Waals surface area contributed by atoms with Crippen LogP contribution in [0.15, 0.2) is 52.9 Å². The summed E-state index contributed by atoms with van der Waals surface area (Å²) < 4.78 is 10.9. The van der Waals surface area contributed by atoms with Gasteiger partial charge >= 0.3 is 0 Å². The molecule has 0 amide bonds. The minimum absolute atomic E-state index is 0.212. The number of ether oxygens (including phenoxy) is 1. The Morgan fingerprint density at radius 1 is 1.15 bits per heavy atom. The van der Waals surface area contributed by atoms with E-state index >= 15 is 0 Å². The minimum atomic E-state index is 0.212. The van der Waals surface area contributed by atoms with Crippen LogP contribution >= 0.6 is 0 Å². The lowest BCUT2D eigenvalue weighted by Crippen LogP contribution is -1.91. The number of aryl methyl sites for hydroxylation is 1. The summed E-state index contributed by atoms with van der Waals surface area (Å²) in [5.74, 6) is 0.757. The molecule has 0 atom stereocenters. The lowest BCUT2D eigenvalue weighted by Gasteiger charge is -2.02. The molecule has 0 aliphatic heterocycles. The van der Waals surface area contributed by atoms with E-state index in [0.29, 0.717) is 6.47 Å². The predicted octanol–water partition coefficient (Wildman–Crippen LogP) is 4.08. The normalized spacial score (nSPS) is 10.7. The highest BCUT2D eigenvalue weighted by Gasteiger charge is 2.16. The second kappa shape index (κ2) is 5.21. The third-order valence-corrected chi connectivity index (χ3v) is 3.28. The second-order valence-corrected chi connectivity index (χ2v) is 4.68. The Morgan fingerprint density at radius 2 is 1.95 bits per heavy atom. The van der Waals surface area contributed by atoms with Crippen LogP contribution in [0.5, 0.6) is 0 Å². The lowest BCUT2D eigenvalue weighted by atomic mass is 10.0. The van der Waals surface area contributed by atoms with E-state index in [9.17, 15) is 4.79 Å². The van der Waals surface area contributed by atoms with E-state index in [1.807, 2.05) is 49.4 Å². The number of rotatable bonds is 4. The molecule has 0 aliphatic carbocycles. The Kier molecular flexibility index (Phi) is 3.25. The van der Waals surface area contributed by atoms with Crippen molar-refractivity contribution in [3.05, 3.63) is 59.7 Å². The Hall–Kier alpha value is -2.55. The van der Waals surface area contributed by atoms with Crippen molar-refractivity contribution in [2.24, 2.45) is 0 Å². The van der Waals surface area contributed by atoms with Crippen LogP contribution in [-0.4, -0.2) is 6.47 Å². The number of hydrogen-bond acceptors (Lipinski definition) is 3. The molecule has 0 aliphatic rings. The molecule has 0 spiro atoms. The molecule has 0 fully saturated rings. The molecule has 3 heteroatoms. The molecule has 0 bridgehead atoms. The molecule has 1 heterocycles. The van der Waals surface area contributed by atoms with E-state index in [1.165, 1.54) is 0 Å². The van der Waals surface area contributed by atoms with Gasteiger partial charge in [0.15, 0.2) is 0 Å². The molecule has 1 aromatic heterocycles. The van der Waals surface area contributed by atoms with Crippen molar-refractivity contribution in [3.8, 4) is 11.3 Å². The van der Waals surface area contributed by atoms with E-state index in [0.717, 1.165) is 33.4 Å². The first kappa shape index (κ1) is 12.5. The highest BCUT2D eigenvalue weighted by molar-refractivity contribution is 5.88. The van der Waals surface area contributed by atoms with Gasteiger partial charge in [-0.25, -0.2) is 0 Å². The SMILES string of the molecule is Cc1ccc2oc(-c3ccccc3)c(COC=O)c2c1. The highest BCUT2D eigenvalue weighted by atomic mass is 16.5. The van der Waals surface area contributed by atoms with Crippen molar-refractivity contribution >= 4 is 17.4 Å². The average Bonchev–Trinajstić information content (AvgIpc) is 2.84. The van der Waals surface area contributed by atoms with Gasteiger partial charge < -0.3 is 9.15 Å². The van der Waals surface area contributed by atoms with E-state index in [-0.39, 0.29) is 6.61 Å². The van der Waals surface area contributed by atoms with Gasteiger partial charge in [-0.3, -0.25) is 4.79 Å². The molecule has 3 rings (SSSR count). The van der Waals surface area contributed by atoms with Crippen LogP contribution in [0.2, 0.25) is 0 Å². The zero-order valence-corrected chi connectivity index (χ0v) is 11.1. The number of hydrogen-bond donors (Lipinski definition) is 0. The standard InChI is InChI=1S/C17H14O3/c1-12-7-8-16-14(9-12)15(10-19-11-18)17(20-16)13-5-3-2-4-6-13/h2-9,11H,10H2,1H3.